The molecule has 0 saturated carbocycles. The first-order valence-corrected chi connectivity index (χ1v) is 5.05. The van der Waals surface area contributed by atoms with E-state index >= 15 is 0 Å². The molecule has 0 spiro atoms. The third-order valence-corrected chi connectivity index (χ3v) is 2.96. The van der Waals surface area contributed by atoms with Gasteiger partial charge in [-0.3, -0.25) is 0 Å². The Morgan fingerprint density at radius 1 is 1.67 bits per heavy atom. The second-order valence-corrected chi connectivity index (χ2v) is 3.81. The molecule has 0 aliphatic carbocycles. The second kappa shape index (κ2) is 3.56. The highest BCUT2D eigenvalue weighted by atomic mass is 16.5. The summed E-state index contributed by atoms with van der Waals surface area (Å²) in [6, 6.07) is 0.0648. The van der Waals surface area contributed by atoms with E-state index in [9.17, 15) is 4.79 Å². The molecule has 0 amide bonds. The summed E-state index contributed by atoms with van der Waals surface area (Å²) in [5, 5.41) is 0. The van der Waals surface area contributed by atoms with Gasteiger partial charge in [-0.05, 0) is 19.8 Å². The number of hydrogen-bond donors (Lipinski definition) is 1. The van der Waals surface area contributed by atoms with Crippen LogP contribution in [0.3, 0.4) is 0 Å². The molecular formula is C10H15N3O2. The van der Waals surface area contributed by atoms with Crippen LogP contribution in [0.15, 0.2) is 16.3 Å². The van der Waals surface area contributed by atoms with Crippen LogP contribution in [-0.4, -0.2) is 36.5 Å². The van der Waals surface area contributed by atoms with E-state index in [2.05, 4.69) is 4.99 Å². The predicted molar refractivity (Wildman–Crippen MR) is 56.1 cm³/mol. The van der Waals surface area contributed by atoms with E-state index in [1.165, 1.54) is 7.11 Å². The number of hydrogen-bond acceptors (Lipinski definition) is 5. The summed E-state index contributed by atoms with van der Waals surface area (Å²) in [5.41, 5.74) is 7.14. The lowest BCUT2D eigenvalue weighted by Gasteiger charge is -2.30. The summed E-state index contributed by atoms with van der Waals surface area (Å²) in [5.74, 6) is 0.225. The molecule has 0 bridgehead atoms. The van der Waals surface area contributed by atoms with E-state index in [0.717, 1.165) is 19.4 Å². The number of nitrogens with two attached hydrogens (primary N) is 1. The maximum atomic E-state index is 11.6. The second-order valence-electron chi connectivity index (χ2n) is 3.81. The highest BCUT2D eigenvalue weighted by Crippen LogP contribution is 2.30. The number of carbonyl (C=O) groups excluding carboxylic acids is 1. The molecule has 15 heavy (non-hydrogen) atoms. The molecule has 0 radical (unpaired) electrons. The first kappa shape index (κ1) is 10.0. The molecule has 1 fully saturated rings. The van der Waals surface area contributed by atoms with Crippen LogP contribution in [0.25, 0.3) is 0 Å². The average Bonchev–Trinajstić information content (AvgIpc) is 2.66. The zero-order chi connectivity index (χ0) is 11.0. The van der Waals surface area contributed by atoms with E-state index in [1.54, 1.807) is 6.92 Å². The normalized spacial score (nSPS) is 25.1. The minimum absolute atomic E-state index is 0.0648. The maximum absolute atomic E-state index is 11.6. The van der Waals surface area contributed by atoms with Crippen LogP contribution in [0.5, 0.6) is 0 Å². The molecule has 2 N–H and O–H groups in total. The number of nitrogens with zero attached hydrogens (tertiary/aromatic N) is 2. The lowest BCUT2D eigenvalue weighted by Crippen LogP contribution is -2.45. The molecule has 2 heterocycles. The number of aliphatic imine (C=N–C) groups is 1. The molecule has 2 aliphatic rings. The average molecular weight is 209 g/mol. The van der Waals surface area contributed by atoms with Crippen molar-refractivity contribution >= 4 is 11.9 Å². The Kier molecular flexibility index (Phi) is 2.38. The Labute approximate surface area is 88.6 Å². The van der Waals surface area contributed by atoms with Crippen molar-refractivity contribution in [3.05, 3.63) is 11.3 Å². The lowest BCUT2D eigenvalue weighted by molar-refractivity contribution is -0.136. The first-order valence-electron chi connectivity index (χ1n) is 5.05. The zero-order valence-electron chi connectivity index (χ0n) is 8.99. The fraction of sp³-hybridized carbons (Fsp3) is 0.600. The van der Waals surface area contributed by atoms with Crippen molar-refractivity contribution in [2.45, 2.75) is 25.8 Å². The van der Waals surface area contributed by atoms with Gasteiger partial charge in [-0.25, -0.2) is 9.79 Å². The van der Waals surface area contributed by atoms with E-state index in [1.807, 2.05) is 4.90 Å². The van der Waals surface area contributed by atoms with Crippen LogP contribution in [0, 0.1) is 0 Å². The highest BCUT2D eigenvalue weighted by Gasteiger charge is 2.37. The molecule has 5 nitrogen and oxygen atoms in total. The van der Waals surface area contributed by atoms with Gasteiger partial charge in [0.25, 0.3) is 0 Å². The summed E-state index contributed by atoms with van der Waals surface area (Å²) in [7, 11) is 1.39. The SMILES string of the molecule is COC(=O)C1=C(C)N=C(N)N2CCCC12. The summed E-state index contributed by atoms with van der Waals surface area (Å²) in [6.45, 7) is 2.67. The monoisotopic (exact) mass is 209 g/mol. The standard InChI is InChI=1S/C10H15N3O2/c1-6-8(9(14)15-2)7-4-3-5-13(7)10(11)12-6/h7H,3-5H2,1-2H3,(H2,11,12). The largest absolute Gasteiger partial charge is 0.466 e. The van der Waals surface area contributed by atoms with Crippen molar-refractivity contribution < 1.29 is 9.53 Å². The molecule has 1 atom stereocenters. The number of esters is 1. The molecule has 1 saturated heterocycles. The van der Waals surface area contributed by atoms with Crippen molar-refractivity contribution in [1.82, 2.24) is 4.90 Å². The summed E-state index contributed by atoms with van der Waals surface area (Å²) < 4.78 is 4.77. The van der Waals surface area contributed by atoms with Gasteiger partial charge in [-0.1, -0.05) is 0 Å². The van der Waals surface area contributed by atoms with E-state index in [0.29, 0.717) is 17.2 Å². The molecule has 1 unspecified atom stereocenters. The number of carbonyl (C=O) groups is 1. The van der Waals surface area contributed by atoms with Gasteiger partial charge in [0.05, 0.1) is 24.4 Å². The van der Waals surface area contributed by atoms with Gasteiger partial charge in [0.2, 0.25) is 0 Å². The van der Waals surface area contributed by atoms with Crippen molar-refractivity contribution in [2.24, 2.45) is 10.7 Å². The molecule has 82 valence electrons. The van der Waals surface area contributed by atoms with Crippen molar-refractivity contribution in [3.8, 4) is 0 Å². The van der Waals surface area contributed by atoms with Crippen LogP contribution >= 0.6 is 0 Å². The number of guanidine groups is 1. The molecule has 5 heteroatoms. The molecule has 2 rings (SSSR count). The quantitative estimate of drug-likeness (QED) is 0.627. The van der Waals surface area contributed by atoms with Crippen molar-refractivity contribution in [1.29, 1.82) is 0 Å². The van der Waals surface area contributed by atoms with Gasteiger partial charge in [-0.2, -0.15) is 0 Å². The molecule has 2 aliphatic heterocycles. The fourth-order valence-electron chi connectivity index (χ4n) is 2.27. The smallest absolute Gasteiger partial charge is 0.337 e. The number of methoxy groups -OCH3 is 1. The third-order valence-electron chi connectivity index (χ3n) is 2.96. The topological polar surface area (TPSA) is 67.9 Å². The third kappa shape index (κ3) is 1.48. The molecule has 0 aromatic rings. The predicted octanol–water partition coefficient (Wildman–Crippen LogP) is 0.226. The van der Waals surface area contributed by atoms with Crippen LogP contribution < -0.4 is 5.73 Å². The minimum atomic E-state index is -0.291. The number of fused-ring (bicyclic) bond motifs is 1. The van der Waals surface area contributed by atoms with Crippen molar-refractivity contribution in [3.63, 3.8) is 0 Å². The minimum Gasteiger partial charge on any atom is -0.466 e. The van der Waals surface area contributed by atoms with Crippen LogP contribution in [0.2, 0.25) is 0 Å². The fourth-order valence-corrected chi connectivity index (χ4v) is 2.27. The number of allylic oxidation sites excluding steroid dienone is 1. The Morgan fingerprint density at radius 2 is 2.40 bits per heavy atom. The van der Waals surface area contributed by atoms with E-state index in [4.69, 9.17) is 10.5 Å². The van der Waals surface area contributed by atoms with Gasteiger partial charge >= 0.3 is 5.97 Å². The lowest BCUT2D eigenvalue weighted by atomic mass is 10.0. The molecule has 0 aromatic carbocycles. The Balaban J connectivity index is 2.40. The maximum Gasteiger partial charge on any atom is 0.337 e. The van der Waals surface area contributed by atoms with Gasteiger partial charge < -0.3 is 15.4 Å². The number of rotatable bonds is 1. The summed E-state index contributed by atoms with van der Waals surface area (Å²) in [4.78, 5) is 17.8. The van der Waals surface area contributed by atoms with Gasteiger partial charge in [0, 0.05) is 6.54 Å². The number of ether oxygens (including phenoxy) is 1. The van der Waals surface area contributed by atoms with Crippen LogP contribution in [-0.2, 0) is 9.53 Å². The Bertz CT molecular complexity index is 360. The molecular weight excluding hydrogens is 194 g/mol. The van der Waals surface area contributed by atoms with E-state index < -0.39 is 0 Å². The van der Waals surface area contributed by atoms with Gasteiger partial charge in [0.15, 0.2) is 5.96 Å². The highest BCUT2D eigenvalue weighted by molar-refractivity contribution is 5.94. The van der Waals surface area contributed by atoms with Crippen LogP contribution in [0.1, 0.15) is 19.8 Å². The summed E-state index contributed by atoms with van der Waals surface area (Å²) in [6.07, 6.45) is 1.98. The Hall–Kier alpha value is -1.52. The summed E-state index contributed by atoms with van der Waals surface area (Å²) >= 11 is 0. The van der Waals surface area contributed by atoms with Gasteiger partial charge in [0.1, 0.15) is 0 Å². The van der Waals surface area contributed by atoms with Crippen molar-refractivity contribution in [2.75, 3.05) is 13.7 Å². The Morgan fingerprint density at radius 3 is 3.07 bits per heavy atom. The van der Waals surface area contributed by atoms with Gasteiger partial charge in [-0.15, -0.1) is 0 Å². The van der Waals surface area contributed by atoms with Crippen LogP contribution in [0.4, 0.5) is 0 Å². The zero-order valence-corrected chi connectivity index (χ0v) is 8.99. The van der Waals surface area contributed by atoms with E-state index in [-0.39, 0.29) is 12.0 Å². The molecule has 0 aromatic heterocycles. The first-order chi connectivity index (χ1) is 7.15.